The Morgan fingerprint density at radius 2 is 1.83 bits per heavy atom. The first-order chi connectivity index (χ1) is 10.2. The number of carboxylic acid groups (broad SMARTS) is 1. The van der Waals surface area contributed by atoms with Crippen molar-refractivity contribution in [2.24, 2.45) is 4.99 Å². The molecule has 0 spiro atoms. The quantitative estimate of drug-likeness (QED) is 0.0934. The Kier molecular flexibility index (Phi) is 13.8. The van der Waals surface area contributed by atoms with E-state index in [9.17, 15) is 25.2 Å². The van der Waals surface area contributed by atoms with Crippen molar-refractivity contribution in [3.8, 4) is 0 Å². The van der Waals surface area contributed by atoms with E-state index in [1.807, 2.05) is 0 Å². The SMILES string of the molecule is C=C(C)C([O-])=NCCCNC[C@H](O)[C@@H](O)[C@H](O)[C@H](O)C(=O)O.[Na+]. The molecule has 0 rings (SSSR count). The van der Waals surface area contributed by atoms with E-state index < -0.39 is 30.4 Å². The molecule has 10 heteroatoms. The molecule has 0 radical (unpaired) electrons. The third-order valence-corrected chi connectivity index (χ3v) is 2.81. The minimum Gasteiger partial charge on any atom is -0.859 e. The van der Waals surface area contributed by atoms with Crippen LogP contribution in [0.5, 0.6) is 0 Å². The van der Waals surface area contributed by atoms with Crippen LogP contribution in [0.15, 0.2) is 17.1 Å². The number of aliphatic carboxylic acids is 1. The van der Waals surface area contributed by atoms with Crippen molar-refractivity contribution in [2.75, 3.05) is 19.6 Å². The van der Waals surface area contributed by atoms with E-state index in [1.54, 1.807) is 6.92 Å². The minimum atomic E-state index is -2.18. The van der Waals surface area contributed by atoms with Crippen molar-refractivity contribution in [2.45, 2.75) is 37.8 Å². The van der Waals surface area contributed by atoms with Gasteiger partial charge in [0.2, 0.25) is 0 Å². The van der Waals surface area contributed by atoms with Crippen LogP contribution in [-0.2, 0) is 4.79 Å². The van der Waals surface area contributed by atoms with E-state index >= 15 is 0 Å². The summed E-state index contributed by atoms with van der Waals surface area (Å²) in [6, 6.07) is 0. The summed E-state index contributed by atoms with van der Waals surface area (Å²) in [4.78, 5) is 14.2. The van der Waals surface area contributed by atoms with Gasteiger partial charge in [0.05, 0.1) is 6.10 Å². The summed E-state index contributed by atoms with van der Waals surface area (Å²) in [5.41, 5.74) is 0.345. The number of nitrogens with one attached hydrogen (secondary N) is 1. The van der Waals surface area contributed by atoms with Gasteiger partial charge in [-0.3, -0.25) is 0 Å². The molecule has 128 valence electrons. The van der Waals surface area contributed by atoms with Crippen LogP contribution in [0.3, 0.4) is 0 Å². The van der Waals surface area contributed by atoms with E-state index in [1.165, 1.54) is 0 Å². The molecule has 0 aromatic rings. The number of nitrogens with zero attached hydrogens (tertiary/aromatic N) is 1. The summed E-state index contributed by atoms with van der Waals surface area (Å²) in [6.45, 7) is 5.54. The Hall–Kier alpha value is -0.520. The number of carbonyl (C=O) groups is 1. The molecule has 23 heavy (non-hydrogen) atoms. The zero-order valence-electron chi connectivity index (χ0n) is 13.3. The molecular weight excluding hydrogens is 319 g/mol. The first-order valence-corrected chi connectivity index (χ1v) is 6.71. The molecule has 0 bridgehead atoms. The van der Waals surface area contributed by atoms with Crippen LogP contribution in [0, 0.1) is 0 Å². The Bertz CT molecular complexity index is 406. The van der Waals surface area contributed by atoms with Crippen LogP contribution in [-0.4, -0.2) is 81.4 Å². The van der Waals surface area contributed by atoms with Gasteiger partial charge < -0.3 is 40.9 Å². The molecule has 6 N–H and O–H groups in total. The fourth-order valence-corrected chi connectivity index (χ4v) is 1.45. The summed E-state index contributed by atoms with van der Waals surface area (Å²) in [7, 11) is 0. The summed E-state index contributed by atoms with van der Waals surface area (Å²) in [6.07, 6.45) is -6.96. The molecule has 0 fully saturated rings. The predicted octanol–water partition coefficient (Wildman–Crippen LogP) is -6.17. The molecule has 0 aromatic heterocycles. The normalized spacial score (nSPS) is 16.8. The maximum atomic E-state index is 11.1. The van der Waals surface area contributed by atoms with Gasteiger partial charge in [-0.2, -0.15) is 0 Å². The summed E-state index contributed by atoms with van der Waals surface area (Å²) >= 11 is 0. The fraction of sp³-hybridized carbons (Fsp3) is 0.692. The van der Waals surface area contributed by atoms with Gasteiger partial charge in [-0.15, -0.1) is 0 Å². The number of hydrogen-bond donors (Lipinski definition) is 6. The average Bonchev–Trinajstić information content (AvgIpc) is 2.47. The van der Waals surface area contributed by atoms with Gasteiger partial charge in [0, 0.05) is 13.1 Å². The first kappa shape index (κ1) is 24.7. The average molecular weight is 342 g/mol. The van der Waals surface area contributed by atoms with Crippen LogP contribution in [0.1, 0.15) is 13.3 Å². The molecule has 9 nitrogen and oxygen atoms in total. The number of aliphatic imine (C=N–C) groups is 1. The Balaban J connectivity index is 0. The summed E-state index contributed by atoms with van der Waals surface area (Å²) < 4.78 is 0. The van der Waals surface area contributed by atoms with Gasteiger partial charge in [0.25, 0.3) is 0 Å². The monoisotopic (exact) mass is 342 g/mol. The molecular formula is C13H23N2NaO7. The van der Waals surface area contributed by atoms with E-state index in [4.69, 9.17) is 10.2 Å². The maximum Gasteiger partial charge on any atom is 1.00 e. The molecule has 4 atom stereocenters. The number of hydrogen-bond acceptors (Lipinski definition) is 8. The van der Waals surface area contributed by atoms with Crippen LogP contribution >= 0.6 is 0 Å². The van der Waals surface area contributed by atoms with E-state index in [0.29, 0.717) is 18.5 Å². The molecule has 0 saturated carbocycles. The zero-order chi connectivity index (χ0) is 17.3. The Labute approximate surface area is 156 Å². The first-order valence-electron chi connectivity index (χ1n) is 6.71. The van der Waals surface area contributed by atoms with Crippen LogP contribution < -0.4 is 40.0 Å². The Morgan fingerprint density at radius 3 is 2.30 bits per heavy atom. The van der Waals surface area contributed by atoms with Crippen molar-refractivity contribution in [1.82, 2.24) is 5.32 Å². The van der Waals surface area contributed by atoms with E-state index in [2.05, 4.69) is 16.9 Å². The second kappa shape index (κ2) is 12.8. The molecule has 0 saturated heterocycles. The van der Waals surface area contributed by atoms with Crippen molar-refractivity contribution >= 4 is 11.9 Å². The summed E-state index contributed by atoms with van der Waals surface area (Å²) in [5, 5.41) is 59.8. The topological polar surface area (TPSA) is 166 Å². The van der Waals surface area contributed by atoms with Crippen LogP contribution in [0.25, 0.3) is 0 Å². The fourth-order valence-electron chi connectivity index (χ4n) is 1.45. The van der Waals surface area contributed by atoms with Gasteiger partial charge >= 0.3 is 35.5 Å². The van der Waals surface area contributed by atoms with Gasteiger partial charge in [-0.25, -0.2) is 4.79 Å². The van der Waals surface area contributed by atoms with Gasteiger partial charge in [-0.1, -0.05) is 6.58 Å². The van der Waals surface area contributed by atoms with Gasteiger partial charge in [0.15, 0.2) is 6.10 Å². The minimum absolute atomic E-state index is 0. The van der Waals surface area contributed by atoms with Gasteiger partial charge in [0.1, 0.15) is 12.2 Å². The molecule has 0 aliphatic rings. The Morgan fingerprint density at radius 1 is 1.26 bits per heavy atom. The molecule has 0 unspecified atom stereocenters. The molecule has 0 aliphatic heterocycles. The third-order valence-electron chi connectivity index (χ3n) is 2.81. The maximum absolute atomic E-state index is 11.1. The zero-order valence-corrected chi connectivity index (χ0v) is 15.3. The third kappa shape index (κ3) is 10.0. The van der Waals surface area contributed by atoms with Gasteiger partial charge in [-0.05, 0) is 31.4 Å². The predicted molar refractivity (Wildman–Crippen MR) is 76.3 cm³/mol. The van der Waals surface area contributed by atoms with Crippen molar-refractivity contribution in [3.05, 3.63) is 12.2 Å². The second-order valence-electron chi connectivity index (χ2n) is 4.86. The van der Waals surface area contributed by atoms with Crippen LogP contribution in [0.2, 0.25) is 0 Å². The standard InChI is InChI=1S/C13H24N2O7.Na/c1-7(2)12(20)15-5-3-4-14-6-8(16)9(17)10(18)11(19)13(21)22;/h8-11,14,16-19H,1,3-6H2,2H3,(H,15,20)(H,21,22);/q;+1/p-1/t8-,9+,10-,11-;/m0./s1. The van der Waals surface area contributed by atoms with Crippen LogP contribution in [0.4, 0.5) is 0 Å². The molecule has 0 amide bonds. The van der Waals surface area contributed by atoms with Crippen molar-refractivity contribution in [1.29, 1.82) is 0 Å². The van der Waals surface area contributed by atoms with Crippen molar-refractivity contribution < 1.29 is 65.0 Å². The largest absolute Gasteiger partial charge is 1.00 e. The van der Waals surface area contributed by atoms with Crippen molar-refractivity contribution in [3.63, 3.8) is 0 Å². The summed E-state index contributed by atoms with van der Waals surface area (Å²) in [5.74, 6) is -2.07. The number of aliphatic hydroxyl groups is 4. The van der Waals surface area contributed by atoms with E-state index in [0.717, 1.165) is 0 Å². The number of aliphatic hydroxyl groups excluding tert-OH is 4. The molecule has 0 aliphatic carbocycles. The number of rotatable bonds is 11. The molecule has 0 aromatic carbocycles. The smallest absolute Gasteiger partial charge is 0.859 e. The molecule has 0 heterocycles. The number of carboxylic acids is 1. The van der Waals surface area contributed by atoms with E-state index in [-0.39, 0.29) is 48.5 Å². The second-order valence-corrected chi connectivity index (χ2v) is 4.86.